The molecule has 0 heterocycles. The zero-order valence-electron chi connectivity index (χ0n) is 11.5. The Labute approximate surface area is 113 Å². The lowest BCUT2D eigenvalue weighted by Gasteiger charge is -2.28. The monoisotopic (exact) mass is 263 g/mol. The minimum atomic E-state index is -0.435. The Hall–Kier alpha value is -1.55. The first-order valence-electron chi connectivity index (χ1n) is 6.68. The Kier molecular flexibility index (Phi) is 4.10. The van der Waals surface area contributed by atoms with E-state index in [-0.39, 0.29) is 12.5 Å². The molecule has 104 valence electrons. The quantitative estimate of drug-likeness (QED) is 0.874. The lowest BCUT2D eigenvalue weighted by Crippen LogP contribution is -2.49. The molecular formula is C15H21NO3. The molecule has 0 spiro atoms. The second-order valence-corrected chi connectivity index (χ2v) is 5.28. The Morgan fingerprint density at radius 1 is 1.42 bits per heavy atom. The first-order chi connectivity index (χ1) is 9.10. The molecule has 1 aliphatic carbocycles. The van der Waals surface area contributed by atoms with Gasteiger partial charge in [0.05, 0.1) is 19.3 Å². The molecule has 1 amide bonds. The Morgan fingerprint density at radius 2 is 2.11 bits per heavy atom. The zero-order valence-corrected chi connectivity index (χ0v) is 11.5. The molecule has 4 nitrogen and oxygen atoms in total. The number of hydrogen-bond acceptors (Lipinski definition) is 3. The van der Waals surface area contributed by atoms with Gasteiger partial charge in [-0.1, -0.05) is 18.9 Å². The maximum absolute atomic E-state index is 12.3. The van der Waals surface area contributed by atoms with Crippen LogP contribution in [0.15, 0.2) is 18.2 Å². The van der Waals surface area contributed by atoms with Gasteiger partial charge in [-0.25, -0.2) is 0 Å². The number of nitrogens with one attached hydrogen (secondary N) is 1. The molecule has 1 aromatic carbocycles. The third-order valence-corrected chi connectivity index (χ3v) is 3.91. The van der Waals surface area contributed by atoms with Crippen molar-refractivity contribution in [2.45, 2.75) is 38.1 Å². The van der Waals surface area contributed by atoms with Crippen LogP contribution in [-0.4, -0.2) is 30.3 Å². The van der Waals surface area contributed by atoms with E-state index in [4.69, 9.17) is 4.74 Å². The highest BCUT2D eigenvalue weighted by molar-refractivity contribution is 5.95. The van der Waals surface area contributed by atoms with Gasteiger partial charge in [0.15, 0.2) is 0 Å². The number of hydrogen-bond donors (Lipinski definition) is 2. The lowest BCUT2D eigenvalue weighted by atomic mass is 9.98. The van der Waals surface area contributed by atoms with Crippen molar-refractivity contribution in [3.8, 4) is 5.75 Å². The molecule has 1 saturated carbocycles. The molecule has 4 heteroatoms. The van der Waals surface area contributed by atoms with Crippen molar-refractivity contribution >= 4 is 5.91 Å². The summed E-state index contributed by atoms with van der Waals surface area (Å²) in [4.78, 5) is 12.3. The van der Waals surface area contributed by atoms with Crippen LogP contribution in [0.5, 0.6) is 5.75 Å². The molecule has 0 saturated heterocycles. The number of methoxy groups -OCH3 is 1. The number of benzene rings is 1. The van der Waals surface area contributed by atoms with E-state index in [1.807, 2.05) is 13.0 Å². The first-order valence-corrected chi connectivity index (χ1v) is 6.68. The fourth-order valence-corrected chi connectivity index (χ4v) is 2.65. The zero-order chi connectivity index (χ0) is 13.9. The van der Waals surface area contributed by atoms with E-state index < -0.39 is 5.54 Å². The third kappa shape index (κ3) is 2.89. The van der Waals surface area contributed by atoms with E-state index in [1.54, 1.807) is 19.2 Å². The van der Waals surface area contributed by atoms with Gasteiger partial charge in [-0.2, -0.15) is 0 Å². The number of aliphatic hydroxyl groups is 1. The number of ether oxygens (including phenoxy) is 1. The summed E-state index contributed by atoms with van der Waals surface area (Å²) in [7, 11) is 1.59. The predicted molar refractivity (Wildman–Crippen MR) is 73.5 cm³/mol. The summed E-state index contributed by atoms with van der Waals surface area (Å²) in [5.41, 5.74) is 1.13. The van der Waals surface area contributed by atoms with Crippen molar-refractivity contribution < 1.29 is 14.6 Å². The summed E-state index contributed by atoms with van der Waals surface area (Å²) >= 11 is 0. The molecule has 1 aromatic rings. The second kappa shape index (κ2) is 5.61. The fraction of sp³-hybridized carbons (Fsp3) is 0.533. The highest BCUT2D eigenvalue weighted by Crippen LogP contribution is 2.29. The third-order valence-electron chi connectivity index (χ3n) is 3.91. The molecule has 0 aromatic heterocycles. The minimum absolute atomic E-state index is 0.00172. The van der Waals surface area contributed by atoms with Gasteiger partial charge < -0.3 is 15.2 Å². The van der Waals surface area contributed by atoms with Crippen LogP contribution in [0.25, 0.3) is 0 Å². The van der Waals surface area contributed by atoms with Crippen LogP contribution in [0.3, 0.4) is 0 Å². The van der Waals surface area contributed by atoms with Crippen molar-refractivity contribution in [1.29, 1.82) is 0 Å². The van der Waals surface area contributed by atoms with Gasteiger partial charge in [-0.05, 0) is 37.5 Å². The predicted octanol–water partition coefficient (Wildman–Crippen LogP) is 2.04. The summed E-state index contributed by atoms with van der Waals surface area (Å²) in [6.07, 6.45) is 3.80. The second-order valence-electron chi connectivity index (χ2n) is 5.28. The van der Waals surface area contributed by atoms with Crippen LogP contribution in [0.2, 0.25) is 0 Å². The van der Waals surface area contributed by atoms with Gasteiger partial charge in [0.2, 0.25) is 0 Å². The van der Waals surface area contributed by atoms with Crippen LogP contribution >= 0.6 is 0 Å². The fourth-order valence-electron chi connectivity index (χ4n) is 2.65. The van der Waals surface area contributed by atoms with Gasteiger partial charge in [0, 0.05) is 5.56 Å². The highest BCUT2D eigenvalue weighted by Gasteiger charge is 2.34. The molecule has 2 N–H and O–H groups in total. The summed E-state index contributed by atoms with van der Waals surface area (Å²) < 4.78 is 5.23. The molecule has 0 aliphatic heterocycles. The first kappa shape index (κ1) is 13.9. The van der Waals surface area contributed by atoms with E-state index in [0.29, 0.717) is 11.3 Å². The molecule has 0 bridgehead atoms. The maximum atomic E-state index is 12.3. The number of amides is 1. The molecule has 1 aliphatic rings. The van der Waals surface area contributed by atoms with E-state index in [2.05, 4.69) is 5.32 Å². The normalized spacial score (nSPS) is 17.2. The maximum Gasteiger partial charge on any atom is 0.251 e. The van der Waals surface area contributed by atoms with Crippen molar-refractivity contribution in [2.24, 2.45) is 0 Å². The average molecular weight is 263 g/mol. The smallest absolute Gasteiger partial charge is 0.251 e. The number of aryl methyl sites for hydroxylation is 1. The Bertz CT molecular complexity index is 464. The van der Waals surface area contributed by atoms with E-state index in [0.717, 1.165) is 31.2 Å². The van der Waals surface area contributed by atoms with Crippen LogP contribution in [-0.2, 0) is 0 Å². The number of carbonyl (C=O) groups excluding carboxylic acids is 1. The summed E-state index contributed by atoms with van der Waals surface area (Å²) in [6, 6.07) is 5.39. The number of carbonyl (C=O) groups is 1. The van der Waals surface area contributed by atoms with Crippen LogP contribution in [0, 0.1) is 6.92 Å². The van der Waals surface area contributed by atoms with Gasteiger partial charge in [0.25, 0.3) is 5.91 Å². The number of rotatable bonds is 4. The van der Waals surface area contributed by atoms with Crippen LogP contribution < -0.4 is 10.1 Å². The molecule has 0 radical (unpaired) electrons. The SMILES string of the molecule is COc1cc(C(=O)NC2(CO)CCCC2)ccc1C. The summed E-state index contributed by atoms with van der Waals surface area (Å²) in [5.74, 6) is 0.561. The van der Waals surface area contributed by atoms with Crippen molar-refractivity contribution in [3.05, 3.63) is 29.3 Å². The molecule has 0 unspecified atom stereocenters. The summed E-state index contributed by atoms with van der Waals surface area (Å²) in [6.45, 7) is 1.94. The van der Waals surface area contributed by atoms with Gasteiger partial charge in [-0.3, -0.25) is 4.79 Å². The van der Waals surface area contributed by atoms with Crippen LogP contribution in [0.4, 0.5) is 0 Å². The van der Waals surface area contributed by atoms with Gasteiger partial charge >= 0.3 is 0 Å². The van der Waals surface area contributed by atoms with E-state index in [1.165, 1.54) is 0 Å². The highest BCUT2D eigenvalue weighted by atomic mass is 16.5. The van der Waals surface area contributed by atoms with Crippen LogP contribution in [0.1, 0.15) is 41.6 Å². The Morgan fingerprint density at radius 3 is 2.68 bits per heavy atom. The standard InChI is InChI=1S/C15H21NO3/c1-11-5-6-12(9-13(11)19-2)14(18)16-15(10-17)7-3-4-8-15/h5-6,9,17H,3-4,7-8,10H2,1-2H3,(H,16,18). The van der Waals surface area contributed by atoms with E-state index >= 15 is 0 Å². The van der Waals surface area contributed by atoms with Crippen molar-refractivity contribution in [3.63, 3.8) is 0 Å². The molecule has 1 fully saturated rings. The minimum Gasteiger partial charge on any atom is -0.496 e. The van der Waals surface area contributed by atoms with Gasteiger partial charge in [0.1, 0.15) is 5.75 Å². The van der Waals surface area contributed by atoms with Gasteiger partial charge in [-0.15, -0.1) is 0 Å². The molecule has 19 heavy (non-hydrogen) atoms. The topological polar surface area (TPSA) is 58.6 Å². The lowest BCUT2D eigenvalue weighted by molar-refractivity contribution is 0.0838. The summed E-state index contributed by atoms with van der Waals surface area (Å²) in [5, 5.41) is 12.5. The molecule has 2 rings (SSSR count). The van der Waals surface area contributed by atoms with Crippen molar-refractivity contribution in [1.82, 2.24) is 5.32 Å². The van der Waals surface area contributed by atoms with Crippen molar-refractivity contribution in [2.75, 3.05) is 13.7 Å². The van der Waals surface area contributed by atoms with E-state index in [9.17, 15) is 9.90 Å². The molecule has 0 atom stereocenters. The molecular weight excluding hydrogens is 242 g/mol. The average Bonchev–Trinajstić information content (AvgIpc) is 2.88. The Balaban J connectivity index is 2.15. The largest absolute Gasteiger partial charge is 0.496 e. The number of aliphatic hydroxyl groups excluding tert-OH is 1.